The molecule has 162 valence electrons. The second-order valence-corrected chi connectivity index (χ2v) is 7.84. The van der Waals surface area contributed by atoms with Crippen LogP contribution in [0.4, 0.5) is 4.79 Å². The highest BCUT2D eigenvalue weighted by Gasteiger charge is 2.22. The highest BCUT2D eigenvalue weighted by molar-refractivity contribution is 14.0. The van der Waals surface area contributed by atoms with Gasteiger partial charge < -0.3 is 24.8 Å². The standard InChI is InChI=1S/C18H34N6O3.HI/c1-12(2)14(22-17(25)26-18(4,5)6)9-10-24(8)16(19-7)20-11-15-21-13(3)27-23-15;/h12,14H,9-11H2,1-8H3,(H,19,20)(H,22,25);1H. The number of aryl methyl sites for hydroxylation is 1. The molecule has 0 aliphatic rings. The number of alkyl carbamates (subject to hydrolysis) is 1. The van der Waals surface area contributed by atoms with Crippen LogP contribution < -0.4 is 10.6 Å². The Balaban J connectivity index is 0.00000729. The second-order valence-electron chi connectivity index (χ2n) is 7.84. The van der Waals surface area contributed by atoms with Crippen molar-refractivity contribution >= 4 is 36.0 Å². The lowest BCUT2D eigenvalue weighted by Crippen LogP contribution is -2.45. The van der Waals surface area contributed by atoms with E-state index in [1.54, 1.807) is 14.0 Å². The van der Waals surface area contributed by atoms with Crippen LogP contribution in [0.2, 0.25) is 0 Å². The second kappa shape index (κ2) is 12.1. The molecule has 1 unspecified atom stereocenters. The molecule has 28 heavy (non-hydrogen) atoms. The summed E-state index contributed by atoms with van der Waals surface area (Å²) < 4.78 is 10.3. The maximum atomic E-state index is 12.1. The summed E-state index contributed by atoms with van der Waals surface area (Å²) in [6.07, 6.45) is 0.369. The van der Waals surface area contributed by atoms with Crippen LogP contribution in [0.15, 0.2) is 9.52 Å². The number of nitrogens with zero attached hydrogens (tertiary/aromatic N) is 4. The molecule has 10 heteroatoms. The molecule has 0 aliphatic carbocycles. The monoisotopic (exact) mass is 510 g/mol. The van der Waals surface area contributed by atoms with Crippen LogP contribution in [-0.4, -0.2) is 59.4 Å². The van der Waals surface area contributed by atoms with E-state index in [2.05, 4.69) is 39.6 Å². The minimum absolute atomic E-state index is 0. The van der Waals surface area contributed by atoms with E-state index < -0.39 is 5.60 Å². The van der Waals surface area contributed by atoms with Gasteiger partial charge in [0.05, 0.1) is 6.54 Å². The van der Waals surface area contributed by atoms with Gasteiger partial charge in [0.2, 0.25) is 5.89 Å². The van der Waals surface area contributed by atoms with Crippen LogP contribution in [-0.2, 0) is 11.3 Å². The molecule has 1 amide bonds. The van der Waals surface area contributed by atoms with Gasteiger partial charge in [0, 0.05) is 33.6 Å². The average Bonchev–Trinajstić information content (AvgIpc) is 2.95. The number of hydrogen-bond acceptors (Lipinski definition) is 6. The quantitative estimate of drug-likeness (QED) is 0.330. The summed E-state index contributed by atoms with van der Waals surface area (Å²) >= 11 is 0. The molecular weight excluding hydrogens is 475 g/mol. The summed E-state index contributed by atoms with van der Waals surface area (Å²) in [4.78, 5) is 22.5. The molecule has 0 aromatic carbocycles. The van der Waals surface area contributed by atoms with E-state index in [1.165, 1.54) is 0 Å². The van der Waals surface area contributed by atoms with Crippen molar-refractivity contribution in [1.29, 1.82) is 0 Å². The fourth-order valence-electron chi connectivity index (χ4n) is 2.43. The molecule has 1 atom stereocenters. The first-order valence-electron chi connectivity index (χ1n) is 9.22. The molecular formula is C18H35IN6O3. The molecule has 0 aliphatic heterocycles. The molecule has 1 rings (SSSR count). The summed E-state index contributed by atoms with van der Waals surface area (Å²) in [7, 11) is 3.67. The van der Waals surface area contributed by atoms with Crippen molar-refractivity contribution in [2.45, 2.75) is 66.2 Å². The van der Waals surface area contributed by atoms with Crippen molar-refractivity contribution in [3.63, 3.8) is 0 Å². The van der Waals surface area contributed by atoms with E-state index in [9.17, 15) is 4.79 Å². The minimum Gasteiger partial charge on any atom is -0.444 e. The maximum absolute atomic E-state index is 12.1. The molecule has 1 aromatic heterocycles. The zero-order chi connectivity index (χ0) is 20.6. The number of halogens is 1. The van der Waals surface area contributed by atoms with E-state index >= 15 is 0 Å². The predicted octanol–water partition coefficient (Wildman–Crippen LogP) is 2.94. The molecule has 0 radical (unpaired) electrons. The third-order valence-corrected chi connectivity index (χ3v) is 3.83. The number of nitrogens with one attached hydrogen (secondary N) is 2. The van der Waals surface area contributed by atoms with Gasteiger partial charge in [-0.05, 0) is 33.1 Å². The Hall–Kier alpha value is -1.59. The molecule has 0 spiro atoms. The van der Waals surface area contributed by atoms with Crippen molar-refractivity contribution in [2.24, 2.45) is 10.9 Å². The van der Waals surface area contributed by atoms with Gasteiger partial charge in [-0.25, -0.2) is 4.79 Å². The first-order chi connectivity index (χ1) is 12.5. The molecule has 0 fully saturated rings. The zero-order valence-electron chi connectivity index (χ0n) is 18.2. The molecule has 2 N–H and O–H groups in total. The van der Waals surface area contributed by atoms with E-state index in [4.69, 9.17) is 9.26 Å². The van der Waals surface area contributed by atoms with Gasteiger partial charge in [-0.2, -0.15) is 4.98 Å². The summed E-state index contributed by atoms with van der Waals surface area (Å²) in [6, 6.07) is 0.000243. The van der Waals surface area contributed by atoms with Crippen LogP contribution in [0.5, 0.6) is 0 Å². The SMILES string of the molecule is CN=C(NCc1noc(C)n1)N(C)CCC(NC(=O)OC(C)(C)C)C(C)C.I. The molecule has 0 saturated heterocycles. The lowest BCUT2D eigenvalue weighted by atomic mass is 10.0. The highest BCUT2D eigenvalue weighted by atomic mass is 127. The Kier molecular flexibility index (Phi) is 11.4. The van der Waals surface area contributed by atoms with Crippen LogP contribution in [0, 0.1) is 12.8 Å². The fraction of sp³-hybridized carbons (Fsp3) is 0.778. The largest absolute Gasteiger partial charge is 0.444 e. The Morgan fingerprint density at radius 3 is 2.46 bits per heavy atom. The van der Waals surface area contributed by atoms with Crippen LogP contribution in [0.1, 0.15) is 52.8 Å². The number of rotatable bonds is 7. The van der Waals surface area contributed by atoms with Gasteiger partial charge in [0.1, 0.15) is 5.60 Å². The third-order valence-electron chi connectivity index (χ3n) is 3.83. The lowest BCUT2D eigenvalue weighted by Gasteiger charge is -2.28. The van der Waals surface area contributed by atoms with Gasteiger partial charge in [0.15, 0.2) is 11.8 Å². The number of hydrogen-bond donors (Lipinski definition) is 2. The molecule has 1 aromatic rings. The summed E-state index contributed by atoms with van der Waals surface area (Å²) in [5.74, 6) is 2.11. The Labute approximate surface area is 185 Å². The first-order valence-corrected chi connectivity index (χ1v) is 9.22. The number of amides is 1. The Bertz CT molecular complexity index is 627. The van der Waals surface area contributed by atoms with E-state index in [-0.39, 0.29) is 42.0 Å². The van der Waals surface area contributed by atoms with Crippen LogP contribution >= 0.6 is 24.0 Å². The number of guanidine groups is 1. The highest BCUT2D eigenvalue weighted by Crippen LogP contribution is 2.11. The lowest BCUT2D eigenvalue weighted by molar-refractivity contribution is 0.0486. The molecule has 1 heterocycles. The topological polar surface area (TPSA) is 105 Å². The third kappa shape index (κ3) is 10.1. The van der Waals surface area contributed by atoms with Crippen molar-refractivity contribution in [2.75, 3.05) is 20.6 Å². The molecule has 9 nitrogen and oxygen atoms in total. The van der Waals surface area contributed by atoms with Gasteiger partial charge in [-0.3, -0.25) is 4.99 Å². The van der Waals surface area contributed by atoms with Crippen LogP contribution in [0.3, 0.4) is 0 Å². The van der Waals surface area contributed by atoms with Crippen molar-refractivity contribution in [1.82, 2.24) is 25.7 Å². The summed E-state index contributed by atoms with van der Waals surface area (Å²) in [5, 5.41) is 10.0. The number of aromatic nitrogens is 2. The average molecular weight is 510 g/mol. The Morgan fingerprint density at radius 2 is 2.00 bits per heavy atom. The van der Waals surface area contributed by atoms with E-state index in [0.29, 0.717) is 24.8 Å². The van der Waals surface area contributed by atoms with Gasteiger partial charge in [0.25, 0.3) is 0 Å². The minimum atomic E-state index is -0.512. The van der Waals surface area contributed by atoms with Gasteiger partial charge in [-0.1, -0.05) is 19.0 Å². The Morgan fingerprint density at radius 1 is 1.36 bits per heavy atom. The number of aliphatic imine (C=N–C) groups is 1. The predicted molar refractivity (Wildman–Crippen MR) is 120 cm³/mol. The number of carbonyl (C=O) groups excluding carboxylic acids is 1. The molecule has 0 saturated carbocycles. The van der Waals surface area contributed by atoms with E-state index in [0.717, 1.165) is 12.4 Å². The van der Waals surface area contributed by atoms with Crippen molar-refractivity contribution in [3.05, 3.63) is 11.7 Å². The van der Waals surface area contributed by atoms with Crippen molar-refractivity contribution in [3.8, 4) is 0 Å². The number of ether oxygens (including phenoxy) is 1. The van der Waals surface area contributed by atoms with Crippen LogP contribution in [0.25, 0.3) is 0 Å². The normalized spacial score (nSPS) is 13.0. The fourth-order valence-corrected chi connectivity index (χ4v) is 2.43. The first kappa shape index (κ1) is 26.4. The molecule has 0 bridgehead atoms. The van der Waals surface area contributed by atoms with Crippen molar-refractivity contribution < 1.29 is 14.1 Å². The smallest absolute Gasteiger partial charge is 0.407 e. The van der Waals surface area contributed by atoms with Gasteiger partial charge in [-0.15, -0.1) is 24.0 Å². The van der Waals surface area contributed by atoms with E-state index in [1.807, 2.05) is 32.7 Å². The van der Waals surface area contributed by atoms with Gasteiger partial charge >= 0.3 is 6.09 Å². The maximum Gasteiger partial charge on any atom is 0.407 e. The summed E-state index contributed by atoms with van der Waals surface area (Å²) in [6.45, 7) is 12.6. The summed E-state index contributed by atoms with van der Waals surface area (Å²) in [5.41, 5.74) is -0.512. The number of carbonyl (C=O) groups is 1. The zero-order valence-corrected chi connectivity index (χ0v) is 20.5.